The Bertz CT molecular complexity index is 698. The van der Waals surface area contributed by atoms with Gasteiger partial charge in [0, 0.05) is 30.6 Å². The van der Waals surface area contributed by atoms with Gasteiger partial charge in [0.25, 0.3) is 0 Å². The average molecular weight is 360 g/mol. The molecule has 0 unspecified atom stereocenters. The van der Waals surface area contributed by atoms with Gasteiger partial charge in [0.2, 0.25) is 0 Å². The molecule has 0 amide bonds. The van der Waals surface area contributed by atoms with Gasteiger partial charge < -0.3 is 5.11 Å². The molecule has 4 nitrogen and oxygen atoms in total. The fraction of sp³-hybridized carbons (Fsp3) is 0.864. The van der Waals surface area contributed by atoms with E-state index in [4.69, 9.17) is 0 Å². The third-order valence-corrected chi connectivity index (χ3v) is 9.60. The van der Waals surface area contributed by atoms with Crippen LogP contribution >= 0.6 is 0 Å². The van der Waals surface area contributed by atoms with Crippen LogP contribution in [-0.2, 0) is 14.4 Å². The molecule has 4 heteroatoms. The topological polar surface area (TPSA) is 71.4 Å². The van der Waals surface area contributed by atoms with E-state index >= 15 is 0 Å². The monoisotopic (exact) mass is 360 g/mol. The Morgan fingerprint density at radius 3 is 2.35 bits per heavy atom. The lowest BCUT2D eigenvalue weighted by molar-refractivity contribution is -0.187. The maximum atomic E-state index is 13.5. The Hall–Kier alpha value is -1.03. The minimum Gasteiger partial charge on any atom is -0.381 e. The Balaban J connectivity index is 1.76. The second-order valence-corrected chi connectivity index (χ2v) is 10.5. The van der Waals surface area contributed by atoms with Crippen LogP contribution in [0.25, 0.3) is 0 Å². The summed E-state index contributed by atoms with van der Waals surface area (Å²) in [5, 5.41) is 11.2. The van der Waals surface area contributed by atoms with Gasteiger partial charge in [-0.05, 0) is 61.7 Å². The Morgan fingerprint density at radius 1 is 1.00 bits per heavy atom. The van der Waals surface area contributed by atoms with Gasteiger partial charge in [0.15, 0.2) is 5.78 Å². The van der Waals surface area contributed by atoms with Gasteiger partial charge >= 0.3 is 0 Å². The number of fused-ring (bicyclic) bond motifs is 5. The lowest BCUT2D eigenvalue weighted by Gasteiger charge is -2.63. The van der Waals surface area contributed by atoms with Crippen molar-refractivity contribution in [1.82, 2.24) is 0 Å². The normalized spacial score (nSPS) is 53.7. The molecule has 26 heavy (non-hydrogen) atoms. The molecule has 4 aliphatic carbocycles. The van der Waals surface area contributed by atoms with Crippen molar-refractivity contribution in [2.45, 2.75) is 84.7 Å². The summed E-state index contributed by atoms with van der Waals surface area (Å²) >= 11 is 0. The van der Waals surface area contributed by atoms with Crippen LogP contribution in [0.4, 0.5) is 0 Å². The van der Waals surface area contributed by atoms with Gasteiger partial charge in [0.1, 0.15) is 17.2 Å². The largest absolute Gasteiger partial charge is 0.381 e. The van der Waals surface area contributed by atoms with E-state index in [1.54, 1.807) is 0 Å². The SMILES string of the molecule is CC(=O)[C@@]1(O)CC[C@H]2[C@@H]3CC[C@@]4(C)CC(=O)CC[C@]4(C)[C@H]3C(=O)C[C@@]21C. The van der Waals surface area contributed by atoms with Crippen molar-refractivity contribution in [1.29, 1.82) is 0 Å². The summed E-state index contributed by atoms with van der Waals surface area (Å²) in [6.07, 6.45) is 5.49. The van der Waals surface area contributed by atoms with Crippen LogP contribution in [0, 0.1) is 34.0 Å². The van der Waals surface area contributed by atoms with Crippen molar-refractivity contribution in [3.8, 4) is 0 Å². The van der Waals surface area contributed by atoms with Crippen molar-refractivity contribution in [2.75, 3.05) is 0 Å². The highest BCUT2D eigenvalue weighted by atomic mass is 16.3. The zero-order valence-corrected chi connectivity index (χ0v) is 16.6. The number of hydrogen-bond donors (Lipinski definition) is 1. The first-order valence-corrected chi connectivity index (χ1v) is 10.3. The number of ketones is 3. The highest BCUT2D eigenvalue weighted by Crippen LogP contribution is 2.70. The van der Waals surface area contributed by atoms with E-state index in [9.17, 15) is 19.5 Å². The smallest absolute Gasteiger partial charge is 0.161 e. The van der Waals surface area contributed by atoms with Crippen LogP contribution in [0.1, 0.15) is 79.1 Å². The highest BCUT2D eigenvalue weighted by Gasteiger charge is 2.70. The molecule has 0 aliphatic heterocycles. The summed E-state index contributed by atoms with van der Waals surface area (Å²) in [5.41, 5.74) is -2.23. The van der Waals surface area contributed by atoms with Gasteiger partial charge in [-0.1, -0.05) is 20.8 Å². The number of aliphatic hydroxyl groups is 1. The molecule has 7 atom stereocenters. The quantitative estimate of drug-likeness (QED) is 0.777. The number of carbonyl (C=O) groups is 3. The van der Waals surface area contributed by atoms with Crippen molar-refractivity contribution in [3.05, 3.63) is 0 Å². The fourth-order valence-corrected chi connectivity index (χ4v) is 7.77. The molecule has 144 valence electrons. The highest BCUT2D eigenvalue weighted by molar-refractivity contribution is 5.91. The van der Waals surface area contributed by atoms with E-state index in [1.807, 2.05) is 6.92 Å². The number of carbonyl (C=O) groups excluding carboxylic acids is 3. The van der Waals surface area contributed by atoms with E-state index < -0.39 is 11.0 Å². The van der Waals surface area contributed by atoms with E-state index in [0.29, 0.717) is 31.5 Å². The third-order valence-electron chi connectivity index (χ3n) is 9.60. The summed E-state index contributed by atoms with van der Waals surface area (Å²) in [5.74, 6) is 0.797. The van der Waals surface area contributed by atoms with Crippen LogP contribution < -0.4 is 0 Å². The predicted octanol–water partition coefficient (Wildman–Crippen LogP) is 3.49. The molecular weight excluding hydrogens is 328 g/mol. The van der Waals surface area contributed by atoms with E-state index in [1.165, 1.54) is 6.92 Å². The Morgan fingerprint density at radius 2 is 1.69 bits per heavy atom. The van der Waals surface area contributed by atoms with Crippen LogP contribution in [0.15, 0.2) is 0 Å². The van der Waals surface area contributed by atoms with Crippen LogP contribution in [0.2, 0.25) is 0 Å². The molecule has 1 N–H and O–H groups in total. The maximum absolute atomic E-state index is 13.5. The summed E-state index contributed by atoms with van der Waals surface area (Å²) in [4.78, 5) is 37.9. The number of Topliss-reactive ketones (excluding diaryl/α,β-unsaturated/α-hetero) is 3. The minimum atomic E-state index is -1.36. The number of hydrogen-bond acceptors (Lipinski definition) is 4. The summed E-state index contributed by atoms with van der Waals surface area (Å²) < 4.78 is 0. The molecule has 0 aromatic carbocycles. The van der Waals surface area contributed by atoms with Crippen LogP contribution in [0.3, 0.4) is 0 Å². The molecule has 0 saturated heterocycles. The molecule has 0 radical (unpaired) electrons. The molecule has 4 saturated carbocycles. The molecular formula is C22H32O4. The van der Waals surface area contributed by atoms with Crippen LogP contribution in [0.5, 0.6) is 0 Å². The first-order valence-electron chi connectivity index (χ1n) is 10.3. The summed E-state index contributed by atoms with van der Waals surface area (Å²) in [6, 6.07) is 0. The van der Waals surface area contributed by atoms with Crippen LogP contribution in [-0.4, -0.2) is 28.1 Å². The molecule has 0 heterocycles. The van der Waals surface area contributed by atoms with Crippen molar-refractivity contribution < 1.29 is 19.5 Å². The summed E-state index contributed by atoms with van der Waals surface area (Å²) in [6.45, 7) is 7.89. The minimum absolute atomic E-state index is 0.0262. The third kappa shape index (κ3) is 1.97. The molecule has 0 spiro atoms. The van der Waals surface area contributed by atoms with Crippen molar-refractivity contribution in [2.24, 2.45) is 34.0 Å². The Kier molecular flexibility index (Phi) is 3.72. The lowest BCUT2D eigenvalue weighted by Crippen LogP contribution is -2.63. The second kappa shape index (κ2) is 5.27. The van der Waals surface area contributed by atoms with Gasteiger partial charge in [0.05, 0.1) is 0 Å². The molecule has 4 aliphatic rings. The van der Waals surface area contributed by atoms with Crippen molar-refractivity contribution in [3.63, 3.8) is 0 Å². The molecule has 4 fully saturated rings. The van der Waals surface area contributed by atoms with Gasteiger partial charge in [-0.25, -0.2) is 0 Å². The van der Waals surface area contributed by atoms with E-state index in [0.717, 1.165) is 25.7 Å². The Labute approximate surface area is 156 Å². The van der Waals surface area contributed by atoms with Crippen molar-refractivity contribution >= 4 is 17.3 Å². The first kappa shape index (κ1) is 18.3. The average Bonchev–Trinajstić information content (AvgIpc) is 2.81. The maximum Gasteiger partial charge on any atom is 0.161 e. The van der Waals surface area contributed by atoms with Gasteiger partial charge in [-0.15, -0.1) is 0 Å². The zero-order valence-electron chi connectivity index (χ0n) is 16.6. The van der Waals surface area contributed by atoms with Gasteiger partial charge in [-0.3, -0.25) is 14.4 Å². The van der Waals surface area contributed by atoms with Gasteiger partial charge in [-0.2, -0.15) is 0 Å². The summed E-state index contributed by atoms with van der Waals surface area (Å²) in [7, 11) is 0. The first-order chi connectivity index (χ1) is 12.0. The standard InChI is InChI=1S/C22H32O4/c1-13(23)22(26)10-7-16-15-6-8-19(2)11-14(24)5-9-20(19,3)18(15)17(25)12-21(16,22)4/h15-16,18,26H,5-12H2,1-4H3/t15-,16-,18+,19-,20+,21-,22-/m0/s1. The molecule has 0 bridgehead atoms. The molecule has 0 aromatic heterocycles. The molecule has 4 rings (SSSR count). The lowest BCUT2D eigenvalue weighted by atomic mass is 9.40. The van der Waals surface area contributed by atoms with E-state index in [2.05, 4.69) is 13.8 Å². The predicted molar refractivity (Wildman–Crippen MR) is 97.4 cm³/mol. The zero-order chi connectivity index (χ0) is 19.1. The second-order valence-electron chi connectivity index (χ2n) is 10.5. The molecule has 0 aromatic rings. The number of rotatable bonds is 1. The van der Waals surface area contributed by atoms with E-state index in [-0.39, 0.29) is 40.2 Å². The fourth-order valence-electron chi connectivity index (χ4n) is 7.77.